The SMILES string of the molecule is CCCCNC(=O)OC(C(F)(F)F)C(F)(F)F. The van der Waals surface area contributed by atoms with Gasteiger partial charge in [0.1, 0.15) is 0 Å². The zero-order valence-corrected chi connectivity index (χ0v) is 8.78. The maximum Gasteiger partial charge on any atom is 0.434 e. The van der Waals surface area contributed by atoms with Gasteiger partial charge in [-0.05, 0) is 6.42 Å². The fourth-order valence-electron chi connectivity index (χ4n) is 0.835. The predicted octanol–water partition coefficient (Wildman–Crippen LogP) is 3.01. The molecule has 0 spiro atoms. The lowest BCUT2D eigenvalue weighted by molar-refractivity contribution is -0.306. The van der Waals surface area contributed by atoms with E-state index in [1.165, 1.54) is 0 Å². The maximum atomic E-state index is 11.9. The van der Waals surface area contributed by atoms with Crippen molar-refractivity contribution in [2.24, 2.45) is 0 Å². The number of hydrogen-bond donors (Lipinski definition) is 1. The summed E-state index contributed by atoms with van der Waals surface area (Å²) < 4.78 is 75.0. The van der Waals surface area contributed by atoms with E-state index in [0.717, 1.165) is 0 Å². The Balaban J connectivity index is 4.41. The maximum absolute atomic E-state index is 11.9. The Bertz CT molecular complexity index is 235. The van der Waals surface area contributed by atoms with Crippen LogP contribution in [0.2, 0.25) is 0 Å². The van der Waals surface area contributed by atoms with Crippen LogP contribution < -0.4 is 5.32 Å². The molecule has 0 aromatic heterocycles. The lowest BCUT2D eigenvalue weighted by atomic mass is 10.3. The van der Waals surface area contributed by atoms with Gasteiger partial charge >= 0.3 is 18.4 Å². The molecule has 0 bridgehead atoms. The molecule has 3 nitrogen and oxygen atoms in total. The van der Waals surface area contributed by atoms with E-state index >= 15 is 0 Å². The number of alkyl halides is 6. The number of carbonyl (C=O) groups excluding carboxylic acids is 1. The molecule has 0 aromatic rings. The van der Waals surface area contributed by atoms with E-state index in [1.807, 2.05) is 0 Å². The number of alkyl carbamates (subject to hydrolysis) is 1. The number of halogens is 6. The minimum Gasteiger partial charge on any atom is -0.427 e. The molecule has 0 saturated carbocycles. The van der Waals surface area contributed by atoms with E-state index < -0.39 is 24.5 Å². The minimum atomic E-state index is -5.68. The smallest absolute Gasteiger partial charge is 0.427 e. The molecule has 17 heavy (non-hydrogen) atoms. The van der Waals surface area contributed by atoms with Gasteiger partial charge in [0.25, 0.3) is 6.10 Å². The summed E-state index contributed by atoms with van der Waals surface area (Å²) in [7, 11) is 0. The first-order valence-corrected chi connectivity index (χ1v) is 4.67. The summed E-state index contributed by atoms with van der Waals surface area (Å²) in [4.78, 5) is 10.7. The molecule has 0 fully saturated rings. The van der Waals surface area contributed by atoms with Crippen LogP contribution in [0.4, 0.5) is 31.1 Å². The second kappa shape index (κ2) is 5.97. The zero-order valence-electron chi connectivity index (χ0n) is 8.78. The minimum absolute atomic E-state index is 0.0439. The van der Waals surface area contributed by atoms with Crippen LogP contribution in [0.3, 0.4) is 0 Å². The Hall–Kier alpha value is -1.15. The van der Waals surface area contributed by atoms with Crippen LogP contribution in [0.1, 0.15) is 19.8 Å². The van der Waals surface area contributed by atoms with Crippen molar-refractivity contribution in [1.82, 2.24) is 5.32 Å². The Labute approximate surface area is 93.1 Å². The number of ether oxygens (including phenoxy) is 1. The van der Waals surface area contributed by atoms with Gasteiger partial charge in [-0.2, -0.15) is 26.3 Å². The van der Waals surface area contributed by atoms with Crippen LogP contribution in [0.25, 0.3) is 0 Å². The van der Waals surface area contributed by atoms with Gasteiger partial charge < -0.3 is 10.1 Å². The van der Waals surface area contributed by atoms with Crippen LogP contribution in [-0.4, -0.2) is 31.1 Å². The second-order valence-electron chi connectivity index (χ2n) is 3.15. The number of hydrogen-bond acceptors (Lipinski definition) is 2. The molecule has 0 rings (SSSR count). The Morgan fingerprint density at radius 2 is 1.65 bits per heavy atom. The van der Waals surface area contributed by atoms with E-state index in [1.54, 1.807) is 12.2 Å². The van der Waals surface area contributed by atoms with Crippen molar-refractivity contribution >= 4 is 6.09 Å². The van der Waals surface area contributed by atoms with Crippen molar-refractivity contribution in [2.45, 2.75) is 38.2 Å². The highest BCUT2D eigenvalue weighted by atomic mass is 19.4. The van der Waals surface area contributed by atoms with E-state index in [0.29, 0.717) is 12.8 Å². The average molecular weight is 267 g/mol. The largest absolute Gasteiger partial charge is 0.434 e. The molecule has 0 aromatic carbocycles. The molecule has 0 unspecified atom stereocenters. The zero-order chi connectivity index (χ0) is 13.7. The Morgan fingerprint density at radius 3 is 2.00 bits per heavy atom. The number of unbranched alkanes of at least 4 members (excludes halogenated alkanes) is 1. The molecule has 0 heterocycles. The van der Waals surface area contributed by atoms with Crippen molar-refractivity contribution in [1.29, 1.82) is 0 Å². The standard InChI is InChI=1S/C8H11F6NO2/c1-2-3-4-15-6(16)17-5(7(9,10)11)8(12,13)14/h5H,2-4H2,1H3,(H,15,16). The summed E-state index contributed by atoms with van der Waals surface area (Å²) in [6.07, 6.45) is -16.1. The molecule has 102 valence electrons. The van der Waals surface area contributed by atoms with Gasteiger partial charge in [0.2, 0.25) is 0 Å². The molecule has 0 aliphatic rings. The molecule has 0 saturated heterocycles. The van der Waals surface area contributed by atoms with Crippen LogP contribution >= 0.6 is 0 Å². The van der Waals surface area contributed by atoms with Gasteiger partial charge in [-0.25, -0.2) is 4.79 Å². The molecule has 0 radical (unpaired) electrons. The van der Waals surface area contributed by atoms with E-state index in [9.17, 15) is 31.1 Å². The monoisotopic (exact) mass is 267 g/mol. The highest BCUT2D eigenvalue weighted by Crippen LogP contribution is 2.35. The third-order valence-corrected chi connectivity index (χ3v) is 1.62. The Kier molecular flexibility index (Phi) is 5.56. The van der Waals surface area contributed by atoms with Crippen LogP contribution in [-0.2, 0) is 4.74 Å². The molecule has 1 amide bonds. The first kappa shape index (κ1) is 15.9. The van der Waals surface area contributed by atoms with E-state index in [4.69, 9.17) is 0 Å². The second-order valence-corrected chi connectivity index (χ2v) is 3.15. The molecule has 1 N–H and O–H groups in total. The fourth-order valence-corrected chi connectivity index (χ4v) is 0.835. The lowest BCUT2D eigenvalue weighted by Crippen LogP contribution is -2.47. The van der Waals surface area contributed by atoms with Gasteiger partial charge in [-0.3, -0.25) is 0 Å². The van der Waals surface area contributed by atoms with Crippen molar-refractivity contribution in [3.05, 3.63) is 0 Å². The highest BCUT2D eigenvalue weighted by Gasteiger charge is 2.59. The molecular weight excluding hydrogens is 256 g/mol. The first-order chi connectivity index (χ1) is 7.59. The summed E-state index contributed by atoms with van der Waals surface area (Å²) in [6.45, 7) is 1.69. The van der Waals surface area contributed by atoms with Crippen molar-refractivity contribution in [2.75, 3.05) is 6.54 Å². The molecule has 9 heteroatoms. The number of amides is 1. The summed E-state index contributed by atoms with van der Waals surface area (Å²) in [5, 5.41) is 1.80. The van der Waals surface area contributed by atoms with Gasteiger partial charge in [-0.15, -0.1) is 0 Å². The van der Waals surface area contributed by atoms with Crippen molar-refractivity contribution in [3.8, 4) is 0 Å². The summed E-state index contributed by atoms with van der Waals surface area (Å²) >= 11 is 0. The average Bonchev–Trinajstić information content (AvgIpc) is 2.11. The number of nitrogens with one attached hydrogen (secondary N) is 1. The van der Waals surface area contributed by atoms with Crippen LogP contribution in [0, 0.1) is 0 Å². The predicted molar refractivity (Wildman–Crippen MR) is 45.3 cm³/mol. The molecule has 0 aliphatic carbocycles. The fraction of sp³-hybridized carbons (Fsp3) is 0.875. The normalized spacial score (nSPS) is 12.7. The number of carbonyl (C=O) groups is 1. The van der Waals surface area contributed by atoms with Gasteiger partial charge in [0.15, 0.2) is 0 Å². The lowest BCUT2D eigenvalue weighted by Gasteiger charge is -2.22. The molecule has 0 aliphatic heterocycles. The quantitative estimate of drug-likeness (QED) is 0.628. The first-order valence-electron chi connectivity index (χ1n) is 4.67. The highest BCUT2D eigenvalue weighted by molar-refractivity contribution is 5.67. The van der Waals surface area contributed by atoms with E-state index in [2.05, 4.69) is 4.74 Å². The van der Waals surface area contributed by atoms with Crippen molar-refractivity contribution < 1.29 is 35.9 Å². The van der Waals surface area contributed by atoms with Crippen LogP contribution in [0.5, 0.6) is 0 Å². The third-order valence-electron chi connectivity index (χ3n) is 1.62. The molecular formula is C8H11F6NO2. The van der Waals surface area contributed by atoms with Gasteiger partial charge in [0.05, 0.1) is 0 Å². The third kappa shape index (κ3) is 6.22. The Morgan fingerprint density at radius 1 is 1.18 bits per heavy atom. The topological polar surface area (TPSA) is 38.3 Å². The van der Waals surface area contributed by atoms with Crippen molar-refractivity contribution in [3.63, 3.8) is 0 Å². The van der Waals surface area contributed by atoms with Gasteiger partial charge in [-0.1, -0.05) is 13.3 Å². The number of rotatable bonds is 4. The summed E-state index contributed by atoms with van der Waals surface area (Å²) in [5.41, 5.74) is 0. The molecule has 0 atom stereocenters. The van der Waals surface area contributed by atoms with Crippen LogP contribution in [0.15, 0.2) is 0 Å². The summed E-state index contributed by atoms with van der Waals surface area (Å²) in [6, 6.07) is 0. The van der Waals surface area contributed by atoms with E-state index in [-0.39, 0.29) is 6.54 Å². The van der Waals surface area contributed by atoms with Gasteiger partial charge in [0, 0.05) is 6.54 Å². The summed E-state index contributed by atoms with van der Waals surface area (Å²) in [5.74, 6) is 0.